The van der Waals surface area contributed by atoms with Crippen molar-refractivity contribution in [3.05, 3.63) is 34.9 Å². The Hall–Kier alpha value is -2.48. The molecule has 4 N–H and O–H groups in total. The van der Waals surface area contributed by atoms with Gasteiger partial charge in [0.05, 0.1) is 29.7 Å². The standard InChI is InChI=1S/C11H9N5OS/c12-5-7-1-2-8(9(3-7)6-13)4-10(17)16(15)11(14)18/h1-3H,4,15H2,(H2,14,18). The SMILES string of the molecule is N#Cc1ccc(CC(=O)N(N)C(N)=S)c(C#N)c1. The predicted molar refractivity (Wildman–Crippen MR) is 67.4 cm³/mol. The third-order valence-corrected chi connectivity index (χ3v) is 2.40. The summed E-state index contributed by atoms with van der Waals surface area (Å²) in [7, 11) is 0. The lowest BCUT2D eigenvalue weighted by Gasteiger charge is -2.14. The summed E-state index contributed by atoms with van der Waals surface area (Å²) in [5.74, 6) is 4.81. The fraction of sp³-hybridized carbons (Fsp3) is 0.0909. The number of hydrogen-bond acceptors (Lipinski definition) is 5. The molecule has 90 valence electrons. The zero-order chi connectivity index (χ0) is 13.7. The summed E-state index contributed by atoms with van der Waals surface area (Å²) in [4.78, 5) is 11.6. The molecule has 0 bridgehead atoms. The fourth-order valence-corrected chi connectivity index (χ4v) is 1.38. The number of carbonyl (C=O) groups excluding carboxylic acids is 1. The van der Waals surface area contributed by atoms with Crippen LogP contribution in [0.5, 0.6) is 0 Å². The van der Waals surface area contributed by atoms with Crippen LogP contribution in [-0.4, -0.2) is 16.0 Å². The molecule has 7 heteroatoms. The summed E-state index contributed by atoms with van der Waals surface area (Å²) in [6, 6.07) is 8.28. The zero-order valence-corrected chi connectivity index (χ0v) is 10.1. The molecule has 6 nitrogen and oxygen atoms in total. The van der Waals surface area contributed by atoms with E-state index in [2.05, 4.69) is 12.2 Å². The molecule has 1 amide bonds. The Bertz CT molecular complexity index is 584. The highest BCUT2D eigenvalue weighted by Crippen LogP contribution is 2.12. The van der Waals surface area contributed by atoms with E-state index in [0.29, 0.717) is 16.1 Å². The Morgan fingerprint density at radius 3 is 2.56 bits per heavy atom. The molecule has 1 aromatic carbocycles. The number of nitrogens with two attached hydrogens (primary N) is 2. The van der Waals surface area contributed by atoms with Crippen LogP contribution >= 0.6 is 12.2 Å². The number of hydrogen-bond donors (Lipinski definition) is 2. The van der Waals surface area contributed by atoms with E-state index in [0.717, 1.165) is 0 Å². The van der Waals surface area contributed by atoms with Gasteiger partial charge in [0.2, 0.25) is 5.91 Å². The van der Waals surface area contributed by atoms with Gasteiger partial charge in [-0.3, -0.25) is 4.79 Å². The molecule has 0 fully saturated rings. The molecule has 0 aromatic heterocycles. The van der Waals surface area contributed by atoms with E-state index in [-0.39, 0.29) is 17.1 Å². The van der Waals surface area contributed by atoms with Crippen LogP contribution in [0.3, 0.4) is 0 Å². The second kappa shape index (κ2) is 5.73. The van der Waals surface area contributed by atoms with Crippen molar-refractivity contribution in [1.82, 2.24) is 5.01 Å². The van der Waals surface area contributed by atoms with Crippen LogP contribution in [0.15, 0.2) is 18.2 Å². The molecule has 0 aliphatic rings. The molecule has 18 heavy (non-hydrogen) atoms. The molecule has 0 aliphatic carbocycles. The lowest BCUT2D eigenvalue weighted by molar-refractivity contribution is -0.126. The van der Waals surface area contributed by atoms with E-state index in [1.807, 2.05) is 12.1 Å². The fourth-order valence-electron chi connectivity index (χ4n) is 1.28. The van der Waals surface area contributed by atoms with Crippen LogP contribution < -0.4 is 11.6 Å². The molecule has 0 atom stereocenters. The number of hydrazine groups is 1. The van der Waals surface area contributed by atoms with E-state index < -0.39 is 5.91 Å². The third kappa shape index (κ3) is 3.01. The number of carbonyl (C=O) groups is 1. The van der Waals surface area contributed by atoms with E-state index in [1.165, 1.54) is 18.2 Å². The number of benzene rings is 1. The molecule has 0 spiro atoms. The van der Waals surface area contributed by atoms with Crippen LogP contribution in [0.4, 0.5) is 0 Å². The van der Waals surface area contributed by atoms with Crippen molar-refractivity contribution in [3.63, 3.8) is 0 Å². The summed E-state index contributed by atoms with van der Waals surface area (Å²) in [5.41, 5.74) is 6.27. The van der Waals surface area contributed by atoms with Crippen molar-refractivity contribution in [2.75, 3.05) is 0 Å². The highest BCUT2D eigenvalue weighted by molar-refractivity contribution is 7.80. The van der Waals surface area contributed by atoms with E-state index in [4.69, 9.17) is 22.1 Å². The van der Waals surface area contributed by atoms with Gasteiger partial charge in [0.1, 0.15) is 0 Å². The Balaban J connectivity index is 3.00. The van der Waals surface area contributed by atoms with Gasteiger partial charge in [0.25, 0.3) is 0 Å². The van der Waals surface area contributed by atoms with Crippen molar-refractivity contribution >= 4 is 23.2 Å². The van der Waals surface area contributed by atoms with Crippen LogP contribution in [0, 0.1) is 22.7 Å². The minimum Gasteiger partial charge on any atom is -0.375 e. The first-order valence-corrected chi connectivity index (χ1v) is 5.20. The number of nitriles is 2. The minimum atomic E-state index is -0.524. The van der Waals surface area contributed by atoms with Gasteiger partial charge in [-0.2, -0.15) is 10.5 Å². The molecule has 1 aromatic rings. The molecule has 0 heterocycles. The van der Waals surface area contributed by atoms with E-state index >= 15 is 0 Å². The van der Waals surface area contributed by atoms with Crippen LogP contribution in [0.1, 0.15) is 16.7 Å². The number of thiocarbonyl (C=S) groups is 1. The van der Waals surface area contributed by atoms with Gasteiger partial charge in [-0.25, -0.2) is 10.9 Å². The number of rotatable bonds is 2. The quantitative estimate of drug-likeness (QED) is 0.331. The van der Waals surface area contributed by atoms with Crippen molar-refractivity contribution in [2.45, 2.75) is 6.42 Å². The first-order valence-electron chi connectivity index (χ1n) is 4.79. The smallest absolute Gasteiger partial charge is 0.247 e. The molecule has 0 saturated heterocycles. The van der Waals surface area contributed by atoms with Gasteiger partial charge in [-0.15, -0.1) is 0 Å². The first kappa shape index (κ1) is 13.6. The van der Waals surface area contributed by atoms with Gasteiger partial charge in [-0.05, 0) is 29.9 Å². The minimum absolute atomic E-state index is 0.109. The maximum atomic E-state index is 11.6. The highest BCUT2D eigenvalue weighted by Gasteiger charge is 2.15. The monoisotopic (exact) mass is 259 g/mol. The molecule has 0 unspecified atom stereocenters. The van der Waals surface area contributed by atoms with Crippen molar-refractivity contribution < 1.29 is 4.79 Å². The molecular formula is C11H9N5OS. The summed E-state index contributed by atoms with van der Waals surface area (Å²) >= 11 is 4.56. The maximum Gasteiger partial charge on any atom is 0.247 e. The summed E-state index contributed by atoms with van der Waals surface area (Å²) < 4.78 is 0. The third-order valence-electron chi connectivity index (χ3n) is 2.21. The molecule has 0 aliphatic heterocycles. The van der Waals surface area contributed by atoms with Gasteiger partial charge < -0.3 is 5.73 Å². The average molecular weight is 259 g/mol. The highest BCUT2D eigenvalue weighted by atomic mass is 32.1. The second-order valence-corrected chi connectivity index (χ2v) is 3.79. The lowest BCUT2D eigenvalue weighted by atomic mass is 10.0. The molecule has 0 saturated carbocycles. The normalized spacial score (nSPS) is 9.06. The Morgan fingerprint density at radius 2 is 2.06 bits per heavy atom. The summed E-state index contributed by atoms with van der Waals surface area (Å²) in [6.45, 7) is 0. The van der Waals surface area contributed by atoms with Crippen LogP contribution in [-0.2, 0) is 11.2 Å². The van der Waals surface area contributed by atoms with Crippen molar-refractivity contribution in [2.24, 2.45) is 11.6 Å². The maximum absolute atomic E-state index is 11.6. The van der Waals surface area contributed by atoms with Gasteiger partial charge in [0, 0.05) is 0 Å². The second-order valence-electron chi connectivity index (χ2n) is 3.37. The van der Waals surface area contributed by atoms with E-state index in [1.54, 1.807) is 0 Å². The van der Waals surface area contributed by atoms with Gasteiger partial charge in [0.15, 0.2) is 5.11 Å². The Morgan fingerprint density at radius 1 is 1.39 bits per heavy atom. The first-order chi connectivity index (χ1) is 8.49. The Labute approximate surface area is 109 Å². The zero-order valence-electron chi connectivity index (χ0n) is 9.25. The summed E-state index contributed by atoms with van der Waals surface area (Å²) in [6.07, 6.45) is -0.109. The molecule has 1 rings (SSSR count). The topological polar surface area (TPSA) is 120 Å². The largest absolute Gasteiger partial charge is 0.375 e. The predicted octanol–water partition coefficient (Wildman–Crippen LogP) is -0.0816. The van der Waals surface area contributed by atoms with Gasteiger partial charge in [-0.1, -0.05) is 6.07 Å². The van der Waals surface area contributed by atoms with Crippen LogP contribution in [0.25, 0.3) is 0 Å². The number of amides is 1. The molecular weight excluding hydrogens is 250 g/mol. The van der Waals surface area contributed by atoms with E-state index in [9.17, 15) is 4.79 Å². The van der Waals surface area contributed by atoms with Crippen LogP contribution in [0.2, 0.25) is 0 Å². The lowest BCUT2D eigenvalue weighted by Crippen LogP contribution is -2.46. The number of nitrogens with zero attached hydrogens (tertiary/aromatic N) is 3. The average Bonchev–Trinajstić information content (AvgIpc) is 2.37. The Kier molecular flexibility index (Phi) is 4.33. The van der Waals surface area contributed by atoms with Gasteiger partial charge >= 0.3 is 0 Å². The van der Waals surface area contributed by atoms with Crippen molar-refractivity contribution in [1.29, 1.82) is 10.5 Å². The molecule has 0 radical (unpaired) electrons. The van der Waals surface area contributed by atoms with Crippen molar-refractivity contribution in [3.8, 4) is 12.1 Å². The summed E-state index contributed by atoms with van der Waals surface area (Å²) in [5, 5.41) is 18.0.